The fraction of sp³-hybridized carbons (Fsp3) is 0.263. The molecule has 124 valence electrons. The molecule has 0 radical (unpaired) electrons. The van der Waals surface area contributed by atoms with Gasteiger partial charge in [0.05, 0.1) is 5.41 Å². The molecule has 1 aliphatic rings. The molecule has 2 aromatic rings. The first-order valence-corrected chi connectivity index (χ1v) is 8.70. The molecule has 3 rings (SSSR count). The standard InChI is InChI=1S/C19H19BrN2O2/c1-21-17(23)16(13-5-3-2-4-6-13)22-18(24)19(11-12-19)14-7-9-15(20)10-8-14/h2-10,16H,11-12H2,1H3,(H,21,23)(H,22,24). The first kappa shape index (κ1) is 16.7. The van der Waals surface area contributed by atoms with Gasteiger partial charge in [0.15, 0.2) is 0 Å². The number of carbonyl (C=O) groups excluding carboxylic acids is 2. The maximum Gasteiger partial charge on any atom is 0.246 e. The molecule has 1 aliphatic carbocycles. The Morgan fingerprint density at radius 3 is 2.21 bits per heavy atom. The summed E-state index contributed by atoms with van der Waals surface area (Å²) < 4.78 is 0.981. The smallest absolute Gasteiger partial charge is 0.246 e. The second kappa shape index (κ2) is 6.77. The van der Waals surface area contributed by atoms with Crippen molar-refractivity contribution in [3.05, 3.63) is 70.2 Å². The molecule has 0 aromatic heterocycles. The Morgan fingerprint density at radius 1 is 1.04 bits per heavy atom. The van der Waals surface area contributed by atoms with E-state index in [1.165, 1.54) is 0 Å². The number of nitrogens with one attached hydrogen (secondary N) is 2. The first-order chi connectivity index (χ1) is 11.6. The van der Waals surface area contributed by atoms with E-state index in [0.717, 1.165) is 28.4 Å². The van der Waals surface area contributed by atoms with E-state index in [4.69, 9.17) is 0 Å². The van der Waals surface area contributed by atoms with E-state index in [2.05, 4.69) is 26.6 Å². The number of benzene rings is 2. The van der Waals surface area contributed by atoms with Gasteiger partial charge >= 0.3 is 0 Å². The van der Waals surface area contributed by atoms with Crippen LogP contribution in [0.15, 0.2) is 59.1 Å². The van der Waals surface area contributed by atoms with E-state index in [-0.39, 0.29) is 11.8 Å². The lowest BCUT2D eigenvalue weighted by atomic mass is 9.94. The van der Waals surface area contributed by atoms with Gasteiger partial charge in [0.2, 0.25) is 11.8 Å². The Kier molecular flexibility index (Phi) is 4.71. The molecule has 2 amide bonds. The number of carbonyl (C=O) groups is 2. The fourth-order valence-electron chi connectivity index (χ4n) is 2.90. The topological polar surface area (TPSA) is 58.2 Å². The molecule has 2 aromatic carbocycles. The Morgan fingerprint density at radius 2 is 1.67 bits per heavy atom. The Hall–Kier alpha value is -2.14. The van der Waals surface area contributed by atoms with Crippen molar-refractivity contribution in [3.63, 3.8) is 0 Å². The Balaban J connectivity index is 1.83. The van der Waals surface area contributed by atoms with E-state index in [1.54, 1.807) is 7.05 Å². The minimum atomic E-state index is -0.684. The zero-order chi connectivity index (χ0) is 17.2. The van der Waals surface area contributed by atoms with E-state index in [1.807, 2.05) is 54.6 Å². The van der Waals surface area contributed by atoms with Crippen LogP contribution in [-0.4, -0.2) is 18.9 Å². The van der Waals surface area contributed by atoms with Gasteiger partial charge < -0.3 is 10.6 Å². The third kappa shape index (κ3) is 3.22. The van der Waals surface area contributed by atoms with Crippen molar-refractivity contribution < 1.29 is 9.59 Å². The van der Waals surface area contributed by atoms with Crippen LogP contribution in [0.2, 0.25) is 0 Å². The highest BCUT2D eigenvalue weighted by atomic mass is 79.9. The predicted octanol–water partition coefficient (Wildman–Crippen LogP) is 3.08. The summed E-state index contributed by atoms with van der Waals surface area (Å²) in [7, 11) is 1.58. The van der Waals surface area contributed by atoms with Gasteiger partial charge in [-0.2, -0.15) is 0 Å². The van der Waals surface area contributed by atoms with Crippen molar-refractivity contribution in [2.24, 2.45) is 0 Å². The van der Waals surface area contributed by atoms with Gasteiger partial charge in [-0.25, -0.2) is 0 Å². The van der Waals surface area contributed by atoms with Crippen LogP contribution < -0.4 is 10.6 Å². The zero-order valence-corrected chi connectivity index (χ0v) is 15.0. The molecule has 4 nitrogen and oxygen atoms in total. The van der Waals surface area contributed by atoms with Gasteiger partial charge in [-0.1, -0.05) is 58.4 Å². The quantitative estimate of drug-likeness (QED) is 0.829. The number of amides is 2. The van der Waals surface area contributed by atoms with Crippen molar-refractivity contribution in [3.8, 4) is 0 Å². The normalized spacial score (nSPS) is 16.1. The fourth-order valence-corrected chi connectivity index (χ4v) is 3.16. The molecule has 0 bridgehead atoms. The molecule has 1 saturated carbocycles. The lowest BCUT2D eigenvalue weighted by molar-refractivity contribution is -0.130. The van der Waals surface area contributed by atoms with Crippen molar-refractivity contribution in [2.45, 2.75) is 24.3 Å². The minimum Gasteiger partial charge on any atom is -0.357 e. The highest BCUT2D eigenvalue weighted by molar-refractivity contribution is 9.10. The highest BCUT2D eigenvalue weighted by Gasteiger charge is 2.51. The average Bonchev–Trinajstić information content (AvgIpc) is 3.42. The third-order valence-electron chi connectivity index (χ3n) is 4.50. The third-order valence-corrected chi connectivity index (χ3v) is 5.03. The molecule has 1 fully saturated rings. The summed E-state index contributed by atoms with van der Waals surface area (Å²) in [5.74, 6) is -0.316. The SMILES string of the molecule is CNC(=O)C(NC(=O)C1(c2ccc(Br)cc2)CC1)c1ccccc1. The van der Waals surface area contributed by atoms with Crippen LogP contribution in [0.5, 0.6) is 0 Å². The number of halogens is 1. The van der Waals surface area contributed by atoms with Gasteiger partial charge in [-0.3, -0.25) is 9.59 Å². The van der Waals surface area contributed by atoms with Crippen LogP contribution in [0, 0.1) is 0 Å². The highest BCUT2D eigenvalue weighted by Crippen LogP contribution is 2.48. The van der Waals surface area contributed by atoms with Crippen LogP contribution >= 0.6 is 15.9 Å². The van der Waals surface area contributed by atoms with Crippen molar-refractivity contribution >= 4 is 27.7 Å². The van der Waals surface area contributed by atoms with Gasteiger partial charge in [0, 0.05) is 11.5 Å². The molecule has 2 N–H and O–H groups in total. The van der Waals surface area contributed by atoms with Gasteiger partial charge in [-0.05, 0) is 36.1 Å². The van der Waals surface area contributed by atoms with E-state index >= 15 is 0 Å². The molecule has 0 aliphatic heterocycles. The lowest BCUT2D eigenvalue weighted by Gasteiger charge is -2.22. The molecule has 0 heterocycles. The maximum absolute atomic E-state index is 12.9. The maximum atomic E-state index is 12.9. The summed E-state index contributed by atoms with van der Waals surface area (Å²) in [5.41, 5.74) is 1.26. The molecular weight excluding hydrogens is 368 g/mol. The minimum absolute atomic E-state index is 0.0951. The van der Waals surface area contributed by atoms with E-state index < -0.39 is 11.5 Å². The van der Waals surface area contributed by atoms with Gasteiger partial charge in [-0.15, -0.1) is 0 Å². The monoisotopic (exact) mass is 386 g/mol. The molecule has 24 heavy (non-hydrogen) atoms. The molecule has 1 atom stereocenters. The summed E-state index contributed by atoms with van der Waals surface area (Å²) in [6, 6.07) is 16.4. The number of rotatable bonds is 5. The van der Waals surface area contributed by atoms with Crippen molar-refractivity contribution in [1.29, 1.82) is 0 Å². The molecule has 1 unspecified atom stereocenters. The summed E-state index contributed by atoms with van der Waals surface area (Å²) in [4.78, 5) is 25.2. The second-order valence-electron chi connectivity index (χ2n) is 6.02. The molecule has 0 saturated heterocycles. The Labute approximate surface area is 149 Å². The zero-order valence-electron chi connectivity index (χ0n) is 13.4. The number of hydrogen-bond acceptors (Lipinski definition) is 2. The predicted molar refractivity (Wildman–Crippen MR) is 96.4 cm³/mol. The molecule has 0 spiro atoms. The number of likely N-dealkylation sites (N-methyl/N-ethyl adjacent to an activating group) is 1. The van der Waals surface area contributed by atoms with Crippen molar-refractivity contribution in [1.82, 2.24) is 10.6 Å². The van der Waals surface area contributed by atoms with Crippen LogP contribution in [0.25, 0.3) is 0 Å². The summed E-state index contributed by atoms with van der Waals surface area (Å²) in [6.07, 6.45) is 1.60. The molecule has 5 heteroatoms. The second-order valence-corrected chi connectivity index (χ2v) is 6.94. The number of hydrogen-bond donors (Lipinski definition) is 2. The first-order valence-electron chi connectivity index (χ1n) is 7.90. The van der Waals surface area contributed by atoms with Crippen LogP contribution in [0.1, 0.15) is 30.0 Å². The van der Waals surface area contributed by atoms with E-state index in [9.17, 15) is 9.59 Å². The van der Waals surface area contributed by atoms with Crippen LogP contribution in [-0.2, 0) is 15.0 Å². The summed E-state index contributed by atoms with van der Waals surface area (Å²) >= 11 is 3.42. The van der Waals surface area contributed by atoms with E-state index in [0.29, 0.717) is 0 Å². The molecular formula is C19H19BrN2O2. The van der Waals surface area contributed by atoms with Crippen LogP contribution in [0.3, 0.4) is 0 Å². The van der Waals surface area contributed by atoms with Gasteiger partial charge in [0.1, 0.15) is 6.04 Å². The van der Waals surface area contributed by atoms with Crippen molar-refractivity contribution in [2.75, 3.05) is 7.05 Å². The largest absolute Gasteiger partial charge is 0.357 e. The average molecular weight is 387 g/mol. The summed E-state index contributed by atoms with van der Waals surface area (Å²) in [5, 5.41) is 5.57. The summed E-state index contributed by atoms with van der Waals surface area (Å²) in [6.45, 7) is 0. The Bertz CT molecular complexity index is 740. The van der Waals surface area contributed by atoms with Gasteiger partial charge in [0.25, 0.3) is 0 Å². The van der Waals surface area contributed by atoms with Crippen LogP contribution in [0.4, 0.5) is 0 Å². The lowest BCUT2D eigenvalue weighted by Crippen LogP contribution is -2.43.